The zero-order valence-corrected chi connectivity index (χ0v) is 39.1. The number of amides is 3. The van der Waals surface area contributed by atoms with Gasteiger partial charge in [-0.1, -0.05) is 146 Å². The predicted molar refractivity (Wildman–Crippen MR) is 265 cm³/mol. The Kier molecular flexibility index (Phi) is 16.5. The number of benzene rings is 6. The van der Waals surface area contributed by atoms with Gasteiger partial charge >= 0.3 is 17.7 Å². The number of hydrogen-bond donors (Lipinski definition) is 1. The monoisotopic (exact) mass is 912 g/mol. The van der Waals surface area contributed by atoms with Crippen LogP contribution in [0.15, 0.2) is 181 Å². The quantitative estimate of drug-likeness (QED) is 0.0756. The van der Waals surface area contributed by atoms with Crippen LogP contribution in [0, 0.1) is 0 Å². The topological polar surface area (TPSA) is 123 Å². The highest BCUT2D eigenvalue weighted by molar-refractivity contribution is 6.04. The SMILES string of the molecule is CC(C)(Oc1ccc(CCCc2cn(Cc3ccccc3)c(=O)n2Cc2ccccc2)cc1)C(=O)O.COc1ccc(CCCC2C(=O)N(Cc3ccccc3)C(=O)N2Cc2ccccc2)cc1. The number of rotatable bonds is 20. The number of urea groups is 1. The summed E-state index contributed by atoms with van der Waals surface area (Å²) >= 11 is 0. The molecule has 0 spiro atoms. The Balaban J connectivity index is 0.000000203. The molecular formula is C57H60N4O7. The van der Waals surface area contributed by atoms with Crippen LogP contribution in [-0.4, -0.2) is 60.7 Å². The summed E-state index contributed by atoms with van der Waals surface area (Å²) in [5.74, 6) is 0.244. The van der Waals surface area contributed by atoms with Crippen molar-refractivity contribution in [2.24, 2.45) is 0 Å². The fourth-order valence-electron chi connectivity index (χ4n) is 8.28. The minimum atomic E-state index is -1.28. The summed E-state index contributed by atoms with van der Waals surface area (Å²) in [6.07, 6.45) is 6.78. The molecule has 1 atom stereocenters. The Morgan fingerprint density at radius 2 is 1.03 bits per heavy atom. The van der Waals surface area contributed by atoms with E-state index in [2.05, 4.69) is 0 Å². The van der Waals surface area contributed by atoms with E-state index in [0.29, 0.717) is 38.3 Å². The lowest BCUT2D eigenvalue weighted by Gasteiger charge is -2.22. The second-order valence-electron chi connectivity index (χ2n) is 17.6. The first-order valence-corrected chi connectivity index (χ1v) is 23.2. The maximum atomic E-state index is 13.3. The number of methoxy groups -OCH3 is 1. The van der Waals surface area contributed by atoms with Crippen molar-refractivity contribution in [1.82, 2.24) is 18.9 Å². The molecule has 3 amide bonds. The molecule has 1 unspecified atom stereocenters. The summed E-state index contributed by atoms with van der Waals surface area (Å²) in [5, 5.41) is 9.25. The zero-order chi connectivity index (χ0) is 47.9. The summed E-state index contributed by atoms with van der Waals surface area (Å²) in [7, 11) is 1.65. The van der Waals surface area contributed by atoms with Crippen molar-refractivity contribution >= 4 is 17.9 Å². The second-order valence-corrected chi connectivity index (χ2v) is 17.6. The number of imidazole rings is 1. The van der Waals surface area contributed by atoms with Gasteiger partial charge in [-0.25, -0.2) is 14.4 Å². The zero-order valence-electron chi connectivity index (χ0n) is 39.1. The molecule has 6 aromatic carbocycles. The maximum absolute atomic E-state index is 13.3. The average molecular weight is 913 g/mol. The van der Waals surface area contributed by atoms with Crippen LogP contribution in [-0.2, 0) is 55.0 Å². The number of aliphatic carboxylic acids is 1. The largest absolute Gasteiger partial charge is 0.497 e. The van der Waals surface area contributed by atoms with Gasteiger partial charge in [-0.2, -0.15) is 0 Å². The minimum absolute atomic E-state index is 0.000234. The van der Waals surface area contributed by atoms with Crippen molar-refractivity contribution in [3.8, 4) is 11.5 Å². The summed E-state index contributed by atoms with van der Waals surface area (Å²) in [6.45, 7) is 4.89. The number of nitrogens with zero attached hydrogens (tertiary/aromatic N) is 4. The third-order valence-electron chi connectivity index (χ3n) is 12.1. The van der Waals surface area contributed by atoms with Gasteiger partial charge in [-0.3, -0.25) is 18.8 Å². The summed E-state index contributed by atoms with van der Waals surface area (Å²) < 4.78 is 14.5. The molecule has 11 nitrogen and oxygen atoms in total. The Morgan fingerprint density at radius 1 is 0.559 bits per heavy atom. The molecule has 68 heavy (non-hydrogen) atoms. The van der Waals surface area contributed by atoms with E-state index in [0.717, 1.165) is 71.4 Å². The minimum Gasteiger partial charge on any atom is -0.497 e. The molecule has 1 aliphatic rings. The average Bonchev–Trinajstić information content (AvgIpc) is 3.76. The molecule has 1 fully saturated rings. The lowest BCUT2D eigenvalue weighted by Crippen LogP contribution is -2.37. The molecule has 0 radical (unpaired) electrons. The van der Waals surface area contributed by atoms with Gasteiger partial charge < -0.3 is 19.5 Å². The van der Waals surface area contributed by atoms with Gasteiger partial charge in [-0.15, -0.1) is 0 Å². The molecule has 1 aromatic heterocycles. The standard InChI is InChI=1S/C30H32N2O4.C27H28N2O3/c1-30(2,28(33)34)36-27-18-16-23(17-19-27)14-9-15-26-22-31(20-24-10-5-3-6-11-24)29(35)32(26)21-25-12-7-4-8-13-25;1-32-24-17-15-21(16-18-24)13-8-14-25-26(30)29(20-23-11-6-3-7-12-23)27(31)28(25)19-22-9-4-2-5-10-22/h3-8,10-13,16-19,22H,9,14-15,20-21H2,1-2H3,(H,33,34);2-7,9-12,15-18,25H,8,13-14,19-20H2,1H3. The molecule has 0 saturated carbocycles. The van der Waals surface area contributed by atoms with Crippen molar-refractivity contribution in [2.45, 2.75) is 90.2 Å². The molecular weight excluding hydrogens is 853 g/mol. The van der Waals surface area contributed by atoms with Gasteiger partial charge in [0.1, 0.15) is 17.5 Å². The van der Waals surface area contributed by atoms with E-state index in [1.807, 2.05) is 181 Å². The predicted octanol–water partition coefficient (Wildman–Crippen LogP) is 10.2. The van der Waals surface area contributed by atoms with Crippen LogP contribution in [0.2, 0.25) is 0 Å². The van der Waals surface area contributed by atoms with Crippen LogP contribution in [0.4, 0.5) is 4.79 Å². The van der Waals surface area contributed by atoms with Crippen LogP contribution < -0.4 is 15.2 Å². The van der Waals surface area contributed by atoms with E-state index in [9.17, 15) is 24.3 Å². The van der Waals surface area contributed by atoms with E-state index in [1.165, 1.54) is 24.3 Å². The first-order chi connectivity index (χ1) is 33.0. The maximum Gasteiger partial charge on any atom is 0.347 e. The molecule has 11 heteroatoms. The van der Waals surface area contributed by atoms with Crippen molar-refractivity contribution in [1.29, 1.82) is 0 Å². The fraction of sp³-hybridized carbons (Fsp3) is 0.263. The summed E-state index contributed by atoms with van der Waals surface area (Å²) in [5.41, 5.74) is 6.23. The number of carbonyl (C=O) groups is 3. The number of hydrogen-bond acceptors (Lipinski definition) is 6. The molecule has 2 heterocycles. The summed E-state index contributed by atoms with van der Waals surface area (Å²) in [6, 6.07) is 54.5. The van der Waals surface area contributed by atoms with Gasteiger partial charge in [0.2, 0.25) is 0 Å². The van der Waals surface area contributed by atoms with E-state index in [4.69, 9.17) is 9.47 Å². The van der Waals surface area contributed by atoms with Gasteiger partial charge in [0.05, 0.1) is 26.7 Å². The first kappa shape index (κ1) is 48.3. The van der Waals surface area contributed by atoms with Gasteiger partial charge in [0.25, 0.3) is 5.91 Å². The summed E-state index contributed by atoms with van der Waals surface area (Å²) in [4.78, 5) is 54.3. The van der Waals surface area contributed by atoms with E-state index in [1.54, 1.807) is 16.6 Å². The highest BCUT2D eigenvalue weighted by Crippen LogP contribution is 2.27. The first-order valence-electron chi connectivity index (χ1n) is 23.2. The molecule has 7 aromatic rings. The molecule has 0 aliphatic carbocycles. The molecule has 1 N–H and O–H groups in total. The van der Waals surface area contributed by atoms with Gasteiger partial charge in [-0.05, 0) is 110 Å². The molecule has 350 valence electrons. The number of carboxylic acids is 1. The third kappa shape index (κ3) is 13.0. The lowest BCUT2D eigenvalue weighted by atomic mass is 10.0. The number of carboxylic acid groups (broad SMARTS) is 1. The smallest absolute Gasteiger partial charge is 0.347 e. The third-order valence-corrected chi connectivity index (χ3v) is 12.1. The molecule has 1 saturated heterocycles. The van der Waals surface area contributed by atoms with Crippen molar-refractivity contribution in [2.75, 3.05) is 7.11 Å². The number of imide groups is 1. The van der Waals surface area contributed by atoms with E-state index >= 15 is 0 Å². The van der Waals surface area contributed by atoms with Crippen LogP contribution >= 0.6 is 0 Å². The Bertz CT molecular complexity index is 2760. The molecule has 0 bridgehead atoms. The highest BCUT2D eigenvalue weighted by Gasteiger charge is 2.44. The second kappa shape index (κ2) is 23.2. The normalized spacial score (nSPS) is 13.5. The lowest BCUT2D eigenvalue weighted by molar-refractivity contribution is -0.152. The Morgan fingerprint density at radius 3 is 1.54 bits per heavy atom. The molecule has 8 rings (SSSR count). The van der Waals surface area contributed by atoms with Gasteiger partial charge in [0, 0.05) is 18.4 Å². The van der Waals surface area contributed by atoms with E-state index < -0.39 is 17.6 Å². The molecule has 1 aliphatic heterocycles. The fourth-order valence-corrected chi connectivity index (χ4v) is 8.28. The van der Waals surface area contributed by atoms with Crippen LogP contribution in [0.5, 0.6) is 11.5 Å². The Labute approximate surface area is 398 Å². The Hall–Kier alpha value is -7.66. The number of ether oxygens (including phenoxy) is 2. The van der Waals surface area contributed by atoms with Crippen LogP contribution in [0.3, 0.4) is 0 Å². The highest BCUT2D eigenvalue weighted by atomic mass is 16.5. The van der Waals surface area contributed by atoms with Gasteiger partial charge in [0.15, 0.2) is 5.60 Å². The number of aromatic nitrogens is 2. The van der Waals surface area contributed by atoms with Crippen LogP contribution in [0.1, 0.15) is 72.2 Å². The van der Waals surface area contributed by atoms with Crippen molar-refractivity contribution in [3.05, 3.63) is 226 Å². The number of aryl methyl sites for hydroxylation is 3. The van der Waals surface area contributed by atoms with E-state index in [-0.39, 0.29) is 17.6 Å². The van der Waals surface area contributed by atoms with Crippen molar-refractivity contribution < 1.29 is 29.0 Å². The van der Waals surface area contributed by atoms with Crippen LogP contribution in [0.25, 0.3) is 0 Å². The van der Waals surface area contributed by atoms with Crippen molar-refractivity contribution in [3.63, 3.8) is 0 Å². The number of carbonyl (C=O) groups excluding carboxylic acids is 2.